The number of hydrogen-bond acceptors (Lipinski definition) is 1. The average molecular weight is 257 g/mol. The Labute approximate surface area is 107 Å². The smallest absolute Gasteiger partial charge is 0.166 e. The van der Waals surface area contributed by atoms with Crippen LogP contribution in [0.4, 0.5) is 0 Å². The minimum absolute atomic E-state index is 0.732. The van der Waals surface area contributed by atoms with Gasteiger partial charge in [0, 0.05) is 18.1 Å². The Morgan fingerprint density at radius 2 is 1.81 bits per heavy atom. The Balaban J connectivity index is 2.20. The zero-order chi connectivity index (χ0) is 11.8. The largest absolute Gasteiger partial charge is 0.363 e. The van der Waals surface area contributed by atoms with Gasteiger partial charge in [-0.1, -0.05) is 30.7 Å². The van der Waals surface area contributed by atoms with E-state index >= 15 is 0 Å². The molecule has 0 amide bonds. The normalized spacial score (nSPS) is 9.88. The highest BCUT2D eigenvalue weighted by molar-refractivity contribution is 7.80. The molecule has 0 saturated carbocycles. The van der Waals surface area contributed by atoms with E-state index in [0.29, 0.717) is 0 Å². The van der Waals surface area contributed by atoms with Gasteiger partial charge in [-0.25, -0.2) is 0 Å². The van der Waals surface area contributed by atoms with Gasteiger partial charge < -0.3 is 10.6 Å². The van der Waals surface area contributed by atoms with Crippen molar-refractivity contribution in [2.45, 2.75) is 19.8 Å². The Bertz CT molecular complexity index is 324. The topological polar surface area (TPSA) is 24.1 Å². The fraction of sp³-hybridized carbons (Fsp3) is 0.417. The number of benzene rings is 1. The van der Waals surface area contributed by atoms with Crippen LogP contribution in [0.3, 0.4) is 0 Å². The van der Waals surface area contributed by atoms with E-state index in [1.807, 2.05) is 24.3 Å². The number of hydrogen-bond donors (Lipinski definition) is 2. The number of thiocarbonyl (C=S) groups is 1. The Morgan fingerprint density at radius 1 is 1.19 bits per heavy atom. The zero-order valence-corrected chi connectivity index (χ0v) is 11.0. The lowest BCUT2D eigenvalue weighted by Gasteiger charge is -2.09. The fourth-order valence-electron chi connectivity index (χ4n) is 1.27. The van der Waals surface area contributed by atoms with Crippen LogP contribution in [0.15, 0.2) is 24.3 Å². The highest BCUT2D eigenvalue weighted by Gasteiger charge is 1.95. The van der Waals surface area contributed by atoms with Crippen LogP contribution in [0.1, 0.15) is 18.9 Å². The lowest BCUT2D eigenvalue weighted by Crippen LogP contribution is -2.36. The van der Waals surface area contributed by atoms with E-state index in [1.54, 1.807) is 0 Å². The van der Waals surface area contributed by atoms with Crippen LogP contribution < -0.4 is 10.6 Å². The molecule has 4 heteroatoms. The average Bonchev–Trinajstić information content (AvgIpc) is 2.29. The Morgan fingerprint density at radius 3 is 2.44 bits per heavy atom. The second-order valence-corrected chi connectivity index (χ2v) is 4.40. The summed E-state index contributed by atoms with van der Waals surface area (Å²) in [5.74, 6) is 0. The van der Waals surface area contributed by atoms with Gasteiger partial charge in [-0.2, -0.15) is 0 Å². The summed E-state index contributed by atoms with van der Waals surface area (Å²) in [6.07, 6.45) is 2.03. The number of nitrogens with one attached hydrogen (secondary N) is 2. The molecule has 0 aliphatic rings. The summed E-state index contributed by atoms with van der Waals surface area (Å²) in [4.78, 5) is 0. The predicted molar refractivity (Wildman–Crippen MR) is 74.1 cm³/mol. The maximum Gasteiger partial charge on any atom is 0.166 e. The lowest BCUT2D eigenvalue weighted by molar-refractivity contribution is 0.791. The molecule has 1 aromatic rings. The van der Waals surface area contributed by atoms with Crippen LogP contribution >= 0.6 is 23.8 Å². The predicted octanol–water partition coefficient (Wildman–Crippen LogP) is 2.76. The Kier molecular flexibility index (Phi) is 6.19. The fourth-order valence-corrected chi connectivity index (χ4v) is 1.60. The summed E-state index contributed by atoms with van der Waals surface area (Å²) >= 11 is 10.9. The van der Waals surface area contributed by atoms with E-state index in [0.717, 1.165) is 36.1 Å². The zero-order valence-electron chi connectivity index (χ0n) is 9.42. The third-order valence-electron chi connectivity index (χ3n) is 2.15. The first-order chi connectivity index (χ1) is 7.72. The molecule has 2 nitrogen and oxygen atoms in total. The van der Waals surface area contributed by atoms with Crippen molar-refractivity contribution in [1.29, 1.82) is 0 Å². The summed E-state index contributed by atoms with van der Waals surface area (Å²) in [6.45, 7) is 3.88. The highest BCUT2D eigenvalue weighted by atomic mass is 35.5. The first-order valence-electron chi connectivity index (χ1n) is 5.48. The summed E-state index contributed by atoms with van der Waals surface area (Å²) in [7, 11) is 0. The van der Waals surface area contributed by atoms with Crippen molar-refractivity contribution in [2.75, 3.05) is 13.1 Å². The van der Waals surface area contributed by atoms with Crippen molar-refractivity contribution >= 4 is 28.9 Å². The number of rotatable bonds is 5. The Hall–Kier alpha value is -0.800. The third kappa shape index (κ3) is 5.33. The van der Waals surface area contributed by atoms with Gasteiger partial charge in [-0.05, 0) is 42.8 Å². The molecule has 0 atom stereocenters. The van der Waals surface area contributed by atoms with Crippen LogP contribution in [0.5, 0.6) is 0 Å². The van der Waals surface area contributed by atoms with E-state index in [-0.39, 0.29) is 0 Å². The molecule has 1 aromatic carbocycles. The molecule has 1 rings (SSSR count). The van der Waals surface area contributed by atoms with Gasteiger partial charge in [-0.15, -0.1) is 0 Å². The van der Waals surface area contributed by atoms with E-state index in [4.69, 9.17) is 23.8 Å². The summed E-state index contributed by atoms with van der Waals surface area (Å²) in [5.41, 5.74) is 1.26. The van der Waals surface area contributed by atoms with Gasteiger partial charge >= 0.3 is 0 Å². The van der Waals surface area contributed by atoms with Crippen molar-refractivity contribution in [2.24, 2.45) is 0 Å². The van der Waals surface area contributed by atoms with E-state index in [9.17, 15) is 0 Å². The van der Waals surface area contributed by atoms with Crippen LogP contribution in [-0.2, 0) is 6.42 Å². The molecule has 0 spiro atoms. The molecule has 0 unspecified atom stereocenters. The third-order valence-corrected chi connectivity index (χ3v) is 2.69. The molecule has 0 aromatic heterocycles. The van der Waals surface area contributed by atoms with Crippen molar-refractivity contribution in [3.63, 3.8) is 0 Å². The van der Waals surface area contributed by atoms with E-state index in [2.05, 4.69) is 17.6 Å². The van der Waals surface area contributed by atoms with Crippen LogP contribution in [0.2, 0.25) is 5.02 Å². The second-order valence-electron chi connectivity index (χ2n) is 3.56. The van der Waals surface area contributed by atoms with Crippen molar-refractivity contribution < 1.29 is 0 Å². The first kappa shape index (κ1) is 13.3. The van der Waals surface area contributed by atoms with Crippen LogP contribution in [0, 0.1) is 0 Å². The van der Waals surface area contributed by atoms with E-state index in [1.165, 1.54) is 5.56 Å². The van der Waals surface area contributed by atoms with Gasteiger partial charge in [-0.3, -0.25) is 0 Å². The molecule has 2 N–H and O–H groups in total. The molecule has 0 bridgehead atoms. The molecule has 0 radical (unpaired) electrons. The number of halogens is 1. The molecule has 0 aliphatic carbocycles. The minimum Gasteiger partial charge on any atom is -0.363 e. The highest BCUT2D eigenvalue weighted by Crippen LogP contribution is 2.09. The SMILES string of the molecule is CCCNC(=S)NCCc1ccc(Cl)cc1. The van der Waals surface area contributed by atoms with Gasteiger partial charge in [0.15, 0.2) is 5.11 Å². The molecular weight excluding hydrogens is 240 g/mol. The van der Waals surface area contributed by atoms with Crippen LogP contribution in [0.25, 0.3) is 0 Å². The van der Waals surface area contributed by atoms with Gasteiger partial charge in [0.25, 0.3) is 0 Å². The quantitative estimate of drug-likeness (QED) is 0.793. The monoisotopic (exact) mass is 256 g/mol. The molecule has 0 heterocycles. The van der Waals surface area contributed by atoms with Gasteiger partial charge in [0.05, 0.1) is 0 Å². The van der Waals surface area contributed by atoms with Crippen molar-refractivity contribution in [3.8, 4) is 0 Å². The molecule has 88 valence electrons. The molecule has 0 fully saturated rings. The van der Waals surface area contributed by atoms with Crippen molar-refractivity contribution in [3.05, 3.63) is 34.9 Å². The second kappa shape index (κ2) is 7.47. The minimum atomic E-state index is 0.732. The first-order valence-corrected chi connectivity index (χ1v) is 6.27. The summed E-state index contributed by atoms with van der Waals surface area (Å²) in [5, 5.41) is 7.80. The molecular formula is C12H17ClN2S. The lowest BCUT2D eigenvalue weighted by atomic mass is 10.1. The van der Waals surface area contributed by atoms with Crippen molar-refractivity contribution in [1.82, 2.24) is 10.6 Å². The molecule has 16 heavy (non-hydrogen) atoms. The maximum atomic E-state index is 5.81. The van der Waals surface area contributed by atoms with Gasteiger partial charge in [0.2, 0.25) is 0 Å². The van der Waals surface area contributed by atoms with Crippen LogP contribution in [-0.4, -0.2) is 18.2 Å². The maximum absolute atomic E-state index is 5.81. The standard InChI is InChI=1S/C12H17ClN2S/c1-2-8-14-12(16)15-9-7-10-3-5-11(13)6-4-10/h3-6H,2,7-9H2,1H3,(H2,14,15,16). The van der Waals surface area contributed by atoms with E-state index < -0.39 is 0 Å². The summed E-state index contributed by atoms with van der Waals surface area (Å²) in [6, 6.07) is 7.88. The van der Waals surface area contributed by atoms with Gasteiger partial charge in [0.1, 0.15) is 0 Å². The molecule has 0 saturated heterocycles. The summed E-state index contributed by atoms with van der Waals surface area (Å²) < 4.78 is 0. The molecule has 0 aliphatic heterocycles.